The van der Waals surface area contributed by atoms with Crippen LogP contribution < -0.4 is 0 Å². The van der Waals surface area contributed by atoms with E-state index in [0.29, 0.717) is 0 Å². The highest BCUT2D eigenvalue weighted by Crippen LogP contribution is 2.10. The third kappa shape index (κ3) is 7.01. The summed E-state index contributed by atoms with van der Waals surface area (Å²) in [6, 6.07) is 0. The first-order valence-corrected chi connectivity index (χ1v) is 3.92. The first-order chi connectivity index (χ1) is 4.95. The Kier molecular flexibility index (Phi) is 3.77. The molecule has 11 heavy (non-hydrogen) atoms. The lowest BCUT2D eigenvalue weighted by atomic mass is 9.97. The van der Waals surface area contributed by atoms with Crippen LogP contribution in [0.3, 0.4) is 0 Å². The summed E-state index contributed by atoms with van der Waals surface area (Å²) in [5.41, 5.74) is 0.105. The van der Waals surface area contributed by atoms with Gasteiger partial charge in [0.15, 0.2) is 0 Å². The lowest BCUT2D eigenvalue weighted by molar-refractivity contribution is 0.569. The van der Waals surface area contributed by atoms with Gasteiger partial charge < -0.3 is 0 Å². The number of hydrogen-bond donors (Lipinski definition) is 0. The maximum atomic E-state index is 5.20. The first-order valence-electron chi connectivity index (χ1n) is 3.92. The molecule has 0 aromatic rings. The average Bonchev–Trinajstić information content (AvgIpc) is 1.85. The molecule has 1 atom stereocenters. The Morgan fingerprint density at radius 3 is 2.27 bits per heavy atom. The molecular weight excluding hydrogens is 132 g/mol. The van der Waals surface area contributed by atoms with Crippen molar-refractivity contribution in [3.05, 3.63) is 0 Å². The van der Waals surface area contributed by atoms with E-state index in [2.05, 4.69) is 38.5 Å². The van der Waals surface area contributed by atoms with Crippen molar-refractivity contribution in [2.45, 2.75) is 34.1 Å². The Morgan fingerprint density at radius 1 is 1.36 bits per heavy atom. The van der Waals surface area contributed by atoms with Gasteiger partial charge in [-0.15, -0.1) is 18.3 Å². The Bertz CT molecular complexity index is 199. The topological polar surface area (TPSA) is 0 Å². The van der Waals surface area contributed by atoms with Crippen LogP contribution in [0.15, 0.2) is 0 Å². The Morgan fingerprint density at radius 2 is 1.91 bits per heavy atom. The standard InChI is InChI=1S/C11H16/c1-6-10(2)8-7-9-11(3,4)5/h1,10H,8H2,2-5H3. The fourth-order valence-electron chi connectivity index (χ4n) is 0.528. The van der Waals surface area contributed by atoms with Crippen molar-refractivity contribution in [2.24, 2.45) is 11.3 Å². The Balaban J connectivity index is 3.85. The molecule has 0 saturated carbocycles. The van der Waals surface area contributed by atoms with Crippen molar-refractivity contribution in [3.8, 4) is 24.2 Å². The molecule has 0 aliphatic carbocycles. The molecule has 0 aliphatic heterocycles. The van der Waals surface area contributed by atoms with Gasteiger partial charge in [0.1, 0.15) is 0 Å². The predicted molar refractivity (Wildman–Crippen MR) is 49.8 cm³/mol. The fourth-order valence-corrected chi connectivity index (χ4v) is 0.528. The van der Waals surface area contributed by atoms with Crippen molar-refractivity contribution in [2.75, 3.05) is 0 Å². The van der Waals surface area contributed by atoms with Crippen LogP contribution in [0.25, 0.3) is 0 Å². The summed E-state index contributed by atoms with van der Waals surface area (Å²) in [5.74, 6) is 9.16. The zero-order valence-electron chi connectivity index (χ0n) is 7.86. The van der Waals surface area contributed by atoms with E-state index >= 15 is 0 Å². The van der Waals surface area contributed by atoms with Gasteiger partial charge in [0.25, 0.3) is 0 Å². The van der Waals surface area contributed by atoms with Crippen molar-refractivity contribution >= 4 is 0 Å². The first kappa shape index (κ1) is 10.1. The molecule has 0 aliphatic rings. The lowest BCUT2D eigenvalue weighted by Crippen LogP contribution is -1.99. The van der Waals surface area contributed by atoms with Gasteiger partial charge in [-0.2, -0.15) is 0 Å². The van der Waals surface area contributed by atoms with Gasteiger partial charge in [0.05, 0.1) is 0 Å². The molecule has 0 spiro atoms. The summed E-state index contributed by atoms with van der Waals surface area (Å²) < 4.78 is 0. The fraction of sp³-hybridized carbons (Fsp3) is 0.636. The third-order valence-corrected chi connectivity index (χ3v) is 1.16. The maximum Gasteiger partial charge on any atom is 0.0281 e. The highest BCUT2D eigenvalue weighted by molar-refractivity contribution is 5.09. The highest BCUT2D eigenvalue weighted by atomic mass is 14.1. The van der Waals surface area contributed by atoms with Gasteiger partial charge in [-0.05, 0) is 20.8 Å². The summed E-state index contributed by atoms with van der Waals surface area (Å²) in [6.07, 6.45) is 6.02. The summed E-state index contributed by atoms with van der Waals surface area (Å²) >= 11 is 0. The van der Waals surface area contributed by atoms with Gasteiger partial charge in [0, 0.05) is 17.8 Å². The molecule has 0 aromatic carbocycles. The molecule has 0 saturated heterocycles. The van der Waals surface area contributed by atoms with Crippen LogP contribution in [0.5, 0.6) is 0 Å². The molecule has 0 fully saturated rings. The quantitative estimate of drug-likeness (QED) is 0.501. The van der Waals surface area contributed by atoms with Crippen LogP contribution in [0, 0.1) is 35.5 Å². The van der Waals surface area contributed by atoms with Gasteiger partial charge >= 0.3 is 0 Å². The van der Waals surface area contributed by atoms with Crippen LogP contribution in [0.2, 0.25) is 0 Å². The van der Waals surface area contributed by atoms with Crippen molar-refractivity contribution in [3.63, 3.8) is 0 Å². The summed E-state index contributed by atoms with van der Waals surface area (Å²) in [5, 5.41) is 0. The van der Waals surface area contributed by atoms with Crippen LogP contribution >= 0.6 is 0 Å². The van der Waals surface area contributed by atoms with Crippen molar-refractivity contribution in [1.29, 1.82) is 0 Å². The van der Waals surface area contributed by atoms with E-state index in [0.717, 1.165) is 6.42 Å². The van der Waals surface area contributed by atoms with E-state index in [4.69, 9.17) is 6.42 Å². The van der Waals surface area contributed by atoms with Crippen LogP contribution in [-0.4, -0.2) is 0 Å². The van der Waals surface area contributed by atoms with Crippen molar-refractivity contribution < 1.29 is 0 Å². The predicted octanol–water partition coefficient (Wildman–Crippen LogP) is 2.70. The molecule has 0 N–H and O–H groups in total. The second kappa shape index (κ2) is 4.09. The minimum Gasteiger partial charge on any atom is -0.120 e. The molecule has 0 aromatic heterocycles. The summed E-state index contributed by atoms with van der Waals surface area (Å²) in [6.45, 7) is 8.30. The van der Waals surface area contributed by atoms with Gasteiger partial charge in [-0.1, -0.05) is 12.8 Å². The Hall–Kier alpha value is -0.880. The molecule has 0 bridgehead atoms. The summed E-state index contributed by atoms with van der Waals surface area (Å²) in [4.78, 5) is 0. The molecule has 1 unspecified atom stereocenters. The lowest BCUT2D eigenvalue weighted by Gasteiger charge is -2.06. The molecule has 0 heterocycles. The van der Waals surface area contributed by atoms with Crippen LogP contribution in [0.1, 0.15) is 34.1 Å². The van der Waals surface area contributed by atoms with Crippen LogP contribution in [-0.2, 0) is 0 Å². The smallest absolute Gasteiger partial charge is 0.0281 e. The van der Waals surface area contributed by atoms with Gasteiger partial charge in [0.2, 0.25) is 0 Å². The van der Waals surface area contributed by atoms with E-state index < -0.39 is 0 Å². The average molecular weight is 148 g/mol. The van der Waals surface area contributed by atoms with E-state index in [1.165, 1.54) is 0 Å². The SMILES string of the molecule is C#CC(C)CC#CC(C)(C)C. The van der Waals surface area contributed by atoms with Gasteiger partial charge in [-0.25, -0.2) is 0 Å². The molecule has 0 radical (unpaired) electrons. The molecule has 0 amide bonds. The van der Waals surface area contributed by atoms with Crippen LogP contribution in [0.4, 0.5) is 0 Å². The second-order valence-electron chi connectivity index (χ2n) is 3.82. The maximum absolute atomic E-state index is 5.20. The molecule has 60 valence electrons. The highest BCUT2D eigenvalue weighted by Gasteiger charge is 2.03. The molecule has 0 rings (SSSR count). The minimum absolute atomic E-state index is 0.105. The number of terminal acetylenes is 1. The Labute approximate surface area is 70.4 Å². The van der Waals surface area contributed by atoms with E-state index in [1.54, 1.807) is 0 Å². The second-order valence-corrected chi connectivity index (χ2v) is 3.82. The molecule has 0 heteroatoms. The minimum atomic E-state index is 0.105. The van der Waals surface area contributed by atoms with E-state index in [9.17, 15) is 0 Å². The van der Waals surface area contributed by atoms with Gasteiger partial charge in [-0.3, -0.25) is 0 Å². The summed E-state index contributed by atoms with van der Waals surface area (Å²) in [7, 11) is 0. The normalized spacial score (nSPS) is 12.6. The monoisotopic (exact) mass is 148 g/mol. The zero-order valence-corrected chi connectivity index (χ0v) is 7.86. The molecule has 0 nitrogen and oxygen atoms in total. The molecular formula is C11H16. The van der Waals surface area contributed by atoms with E-state index in [1.807, 2.05) is 6.92 Å². The third-order valence-electron chi connectivity index (χ3n) is 1.16. The number of hydrogen-bond acceptors (Lipinski definition) is 0. The number of rotatable bonds is 1. The zero-order chi connectivity index (χ0) is 8.91. The van der Waals surface area contributed by atoms with Crippen molar-refractivity contribution in [1.82, 2.24) is 0 Å². The van der Waals surface area contributed by atoms with E-state index in [-0.39, 0.29) is 11.3 Å². The largest absolute Gasteiger partial charge is 0.120 e.